The van der Waals surface area contributed by atoms with Gasteiger partial charge in [0.25, 0.3) is 0 Å². The molecule has 118 valence electrons. The van der Waals surface area contributed by atoms with E-state index in [0.717, 1.165) is 51.4 Å². The van der Waals surface area contributed by atoms with Crippen LogP contribution in [0.5, 0.6) is 0 Å². The van der Waals surface area contributed by atoms with E-state index in [1.807, 2.05) is 0 Å². The molecule has 2 unspecified atom stereocenters. The van der Waals surface area contributed by atoms with Crippen LogP contribution in [0.2, 0.25) is 0 Å². The first kappa shape index (κ1) is 16.5. The maximum Gasteiger partial charge on any atom is 0.166 e. The van der Waals surface area contributed by atoms with Crippen molar-refractivity contribution in [3.8, 4) is 0 Å². The molecule has 0 aliphatic carbocycles. The lowest BCUT2D eigenvalue weighted by molar-refractivity contribution is 0.109. The minimum atomic E-state index is -2.97. The summed E-state index contributed by atoms with van der Waals surface area (Å²) in [4.78, 5) is 2.12. The Kier molecular flexibility index (Phi) is 6.61. The van der Waals surface area contributed by atoms with Gasteiger partial charge in [-0.05, 0) is 12.8 Å². The summed E-state index contributed by atoms with van der Waals surface area (Å²) in [6.07, 6.45) is 2.65. The van der Waals surface area contributed by atoms with Crippen molar-refractivity contribution >= 4 is 21.6 Å². The van der Waals surface area contributed by atoms with Gasteiger partial charge in [-0.3, -0.25) is 4.90 Å². The number of nitrogens with one attached hydrogen (secondary N) is 1. The summed E-state index contributed by atoms with van der Waals surface area (Å²) < 4.78 is 29.8. The highest BCUT2D eigenvalue weighted by Gasteiger charge is 2.32. The first-order valence-corrected chi connectivity index (χ1v) is 10.4. The largest absolute Gasteiger partial charge is 0.377 e. The van der Waals surface area contributed by atoms with E-state index >= 15 is 0 Å². The molecule has 20 heavy (non-hydrogen) atoms. The molecular weight excluding hydrogens is 296 g/mol. The third-order valence-electron chi connectivity index (χ3n) is 3.98. The second kappa shape index (κ2) is 7.98. The Morgan fingerprint density at radius 1 is 1.45 bits per heavy atom. The third-order valence-corrected chi connectivity index (χ3v) is 7.31. The molecule has 2 heterocycles. The zero-order valence-electron chi connectivity index (χ0n) is 12.2. The molecular formula is C13H26N2O3S2. The van der Waals surface area contributed by atoms with Gasteiger partial charge in [0.15, 0.2) is 9.84 Å². The SMILES string of the molecule is CCS(=O)(=O)C1CSCCN1CCNCC1CCCO1. The number of thioether (sulfide) groups is 1. The fourth-order valence-corrected chi connectivity index (χ4v) is 5.80. The highest BCUT2D eigenvalue weighted by atomic mass is 32.2. The highest BCUT2D eigenvalue weighted by Crippen LogP contribution is 2.20. The summed E-state index contributed by atoms with van der Waals surface area (Å²) in [5.74, 6) is 1.97. The topological polar surface area (TPSA) is 58.6 Å². The lowest BCUT2D eigenvalue weighted by Crippen LogP contribution is -2.50. The summed E-state index contributed by atoms with van der Waals surface area (Å²) in [6.45, 7) is 6.01. The van der Waals surface area contributed by atoms with Gasteiger partial charge in [-0.2, -0.15) is 11.8 Å². The highest BCUT2D eigenvalue weighted by molar-refractivity contribution is 8.01. The van der Waals surface area contributed by atoms with Crippen LogP contribution in [-0.2, 0) is 14.6 Å². The maximum atomic E-state index is 12.1. The molecule has 2 aliphatic rings. The molecule has 0 amide bonds. The Labute approximate surface area is 126 Å². The van der Waals surface area contributed by atoms with Crippen molar-refractivity contribution in [3.05, 3.63) is 0 Å². The normalized spacial score (nSPS) is 28.9. The van der Waals surface area contributed by atoms with Gasteiger partial charge in [0.2, 0.25) is 0 Å². The van der Waals surface area contributed by atoms with Crippen molar-refractivity contribution in [2.75, 3.05) is 50.0 Å². The second-order valence-corrected chi connectivity index (χ2v) is 8.95. The lowest BCUT2D eigenvalue weighted by Gasteiger charge is -2.34. The van der Waals surface area contributed by atoms with Crippen LogP contribution >= 0.6 is 11.8 Å². The predicted octanol–water partition coefficient (Wildman–Crippen LogP) is 0.565. The number of hydrogen-bond acceptors (Lipinski definition) is 6. The summed E-state index contributed by atoms with van der Waals surface area (Å²) in [5.41, 5.74) is 0. The first-order chi connectivity index (χ1) is 9.63. The van der Waals surface area contributed by atoms with E-state index in [1.54, 1.807) is 18.7 Å². The number of rotatable bonds is 7. The summed E-state index contributed by atoms with van der Waals surface area (Å²) >= 11 is 1.75. The number of hydrogen-bond donors (Lipinski definition) is 1. The average Bonchev–Trinajstić information content (AvgIpc) is 2.97. The van der Waals surface area contributed by atoms with Gasteiger partial charge in [0.1, 0.15) is 5.37 Å². The van der Waals surface area contributed by atoms with Gasteiger partial charge in [-0.15, -0.1) is 0 Å². The minimum absolute atomic E-state index is 0.234. The van der Waals surface area contributed by atoms with Crippen molar-refractivity contribution in [1.29, 1.82) is 0 Å². The molecule has 2 saturated heterocycles. The van der Waals surface area contributed by atoms with Crippen LogP contribution in [0.25, 0.3) is 0 Å². The number of sulfone groups is 1. The molecule has 2 atom stereocenters. The Bertz CT molecular complexity index is 383. The van der Waals surface area contributed by atoms with Crippen molar-refractivity contribution in [2.45, 2.75) is 31.2 Å². The van der Waals surface area contributed by atoms with Crippen LogP contribution in [0, 0.1) is 0 Å². The van der Waals surface area contributed by atoms with E-state index in [0.29, 0.717) is 11.9 Å². The van der Waals surface area contributed by atoms with Crippen LogP contribution in [0.1, 0.15) is 19.8 Å². The molecule has 5 nitrogen and oxygen atoms in total. The minimum Gasteiger partial charge on any atom is -0.377 e. The van der Waals surface area contributed by atoms with Crippen molar-refractivity contribution < 1.29 is 13.2 Å². The number of ether oxygens (including phenoxy) is 1. The molecule has 0 radical (unpaired) electrons. The fourth-order valence-electron chi connectivity index (χ4n) is 2.69. The van der Waals surface area contributed by atoms with Crippen LogP contribution in [0.4, 0.5) is 0 Å². The average molecular weight is 322 g/mol. The van der Waals surface area contributed by atoms with E-state index in [4.69, 9.17) is 4.74 Å². The van der Waals surface area contributed by atoms with Gasteiger partial charge in [-0.25, -0.2) is 8.42 Å². The first-order valence-electron chi connectivity index (χ1n) is 7.49. The smallest absolute Gasteiger partial charge is 0.166 e. The molecule has 0 bridgehead atoms. The zero-order chi connectivity index (χ0) is 14.4. The maximum absolute atomic E-state index is 12.1. The standard InChI is InChI=1S/C13H26N2O3S2/c1-2-20(16,17)13-11-19-9-7-15(13)6-5-14-10-12-4-3-8-18-12/h12-14H,2-11H2,1H3. The zero-order valence-corrected chi connectivity index (χ0v) is 13.8. The second-order valence-electron chi connectivity index (χ2n) is 5.36. The van der Waals surface area contributed by atoms with Crippen molar-refractivity contribution in [2.24, 2.45) is 0 Å². The summed E-state index contributed by atoms with van der Waals surface area (Å²) in [7, 11) is -2.97. The molecule has 0 aromatic heterocycles. The molecule has 1 N–H and O–H groups in total. The molecule has 2 fully saturated rings. The molecule has 0 saturated carbocycles. The third kappa shape index (κ3) is 4.59. The Balaban J connectivity index is 1.74. The van der Waals surface area contributed by atoms with E-state index in [1.165, 1.54) is 0 Å². The lowest BCUT2D eigenvalue weighted by atomic mass is 10.2. The Morgan fingerprint density at radius 2 is 2.30 bits per heavy atom. The molecule has 2 rings (SSSR count). The van der Waals surface area contributed by atoms with Crippen molar-refractivity contribution in [3.63, 3.8) is 0 Å². The molecule has 0 aromatic rings. The Hall–Kier alpha value is 0.180. The molecule has 0 aromatic carbocycles. The van der Waals surface area contributed by atoms with E-state index in [-0.39, 0.29) is 11.1 Å². The summed E-state index contributed by atoms with van der Waals surface area (Å²) in [6, 6.07) is 0. The van der Waals surface area contributed by atoms with Gasteiger partial charge < -0.3 is 10.1 Å². The van der Waals surface area contributed by atoms with E-state index < -0.39 is 9.84 Å². The van der Waals surface area contributed by atoms with Crippen LogP contribution in [0.3, 0.4) is 0 Å². The Morgan fingerprint density at radius 3 is 3.00 bits per heavy atom. The number of nitrogens with zero attached hydrogens (tertiary/aromatic N) is 1. The molecule has 2 aliphatic heterocycles. The summed E-state index contributed by atoms with van der Waals surface area (Å²) in [5, 5.41) is 3.10. The van der Waals surface area contributed by atoms with E-state index in [9.17, 15) is 8.42 Å². The van der Waals surface area contributed by atoms with Crippen LogP contribution in [0.15, 0.2) is 0 Å². The van der Waals surface area contributed by atoms with Gasteiger partial charge in [0.05, 0.1) is 6.10 Å². The van der Waals surface area contributed by atoms with Gasteiger partial charge >= 0.3 is 0 Å². The van der Waals surface area contributed by atoms with Crippen LogP contribution in [-0.4, -0.2) is 74.8 Å². The molecule has 7 heteroatoms. The molecule has 0 spiro atoms. The van der Waals surface area contributed by atoms with Gasteiger partial charge in [0, 0.05) is 50.0 Å². The van der Waals surface area contributed by atoms with Crippen LogP contribution < -0.4 is 5.32 Å². The predicted molar refractivity (Wildman–Crippen MR) is 84.0 cm³/mol. The monoisotopic (exact) mass is 322 g/mol. The van der Waals surface area contributed by atoms with Crippen molar-refractivity contribution in [1.82, 2.24) is 10.2 Å². The quantitative estimate of drug-likeness (QED) is 0.692. The van der Waals surface area contributed by atoms with E-state index in [2.05, 4.69) is 10.2 Å². The fraction of sp³-hybridized carbons (Fsp3) is 1.00. The van der Waals surface area contributed by atoms with Gasteiger partial charge in [-0.1, -0.05) is 6.92 Å².